The van der Waals surface area contributed by atoms with E-state index in [1.165, 1.54) is 11.3 Å². The van der Waals surface area contributed by atoms with Crippen molar-refractivity contribution in [2.24, 2.45) is 0 Å². The number of carbonyl (C=O) groups is 3. The number of hydrogen-bond acceptors (Lipinski definition) is 4. The van der Waals surface area contributed by atoms with Gasteiger partial charge in [-0.05, 0) is 35.9 Å². The minimum absolute atomic E-state index is 0.0000224. The molecule has 1 aromatic carbocycles. The number of hydrogen-bond donors (Lipinski definition) is 1. The second-order valence-corrected chi connectivity index (χ2v) is 7.28. The first-order chi connectivity index (χ1) is 13.1. The molecule has 142 valence electrons. The van der Waals surface area contributed by atoms with Gasteiger partial charge in [-0.1, -0.05) is 18.2 Å². The van der Waals surface area contributed by atoms with Crippen LogP contribution in [0.5, 0.6) is 0 Å². The van der Waals surface area contributed by atoms with E-state index in [1.807, 2.05) is 16.8 Å². The predicted molar refractivity (Wildman–Crippen MR) is 103 cm³/mol. The van der Waals surface area contributed by atoms with Crippen molar-refractivity contribution in [1.82, 2.24) is 9.80 Å². The summed E-state index contributed by atoms with van der Waals surface area (Å²) >= 11 is 1.50. The Morgan fingerprint density at radius 1 is 1.00 bits per heavy atom. The first-order valence-electron chi connectivity index (χ1n) is 8.96. The average molecular weight is 386 g/mol. The number of amides is 2. The fourth-order valence-corrected chi connectivity index (χ4v) is 3.92. The van der Waals surface area contributed by atoms with Crippen molar-refractivity contribution in [1.29, 1.82) is 0 Å². The van der Waals surface area contributed by atoms with Crippen LogP contribution in [0.1, 0.15) is 39.1 Å². The predicted octanol–water partition coefficient (Wildman–Crippen LogP) is 2.75. The number of aryl methyl sites for hydroxylation is 1. The van der Waals surface area contributed by atoms with E-state index in [0.29, 0.717) is 43.7 Å². The lowest BCUT2D eigenvalue weighted by Gasteiger charge is -2.22. The summed E-state index contributed by atoms with van der Waals surface area (Å²) < 4.78 is 0. The molecule has 0 spiro atoms. The van der Waals surface area contributed by atoms with Gasteiger partial charge in [0.25, 0.3) is 5.91 Å². The molecule has 0 atom stereocenters. The zero-order valence-electron chi connectivity index (χ0n) is 15.0. The van der Waals surface area contributed by atoms with Gasteiger partial charge < -0.3 is 14.9 Å². The van der Waals surface area contributed by atoms with Gasteiger partial charge in [-0.25, -0.2) is 4.79 Å². The Labute approximate surface area is 162 Å². The molecule has 6 nitrogen and oxygen atoms in total. The van der Waals surface area contributed by atoms with Crippen molar-refractivity contribution in [3.05, 3.63) is 57.8 Å². The number of aromatic carboxylic acids is 1. The topological polar surface area (TPSA) is 77.9 Å². The van der Waals surface area contributed by atoms with Crippen LogP contribution in [0, 0.1) is 0 Å². The monoisotopic (exact) mass is 386 g/mol. The van der Waals surface area contributed by atoms with E-state index in [-0.39, 0.29) is 23.8 Å². The Balaban J connectivity index is 1.55. The molecule has 7 heteroatoms. The molecular weight excluding hydrogens is 364 g/mol. The largest absolute Gasteiger partial charge is 0.478 e. The minimum atomic E-state index is -0.976. The summed E-state index contributed by atoms with van der Waals surface area (Å²) in [5.41, 5.74) is 1.61. The van der Waals surface area contributed by atoms with Crippen LogP contribution in [0.2, 0.25) is 0 Å². The van der Waals surface area contributed by atoms with Gasteiger partial charge in [-0.2, -0.15) is 11.3 Å². The summed E-state index contributed by atoms with van der Waals surface area (Å²) in [4.78, 5) is 39.9. The average Bonchev–Trinajstić information content (AvgIpc) is 3.10. The molecule has 1 aromatic heterocycles. The molecule has 1 aliphatic heterocycles. The molecule has 2 heterocycles. The highest BCUT2D eigenvalue weighted by atomic mass is 32.1. The maximum Gasteiger partial charge on any atom is 0.335 e. The van der Waals surface area contributed by atoms with Crippen LogP contribution in [0.25, 0.3) is 0 Å². The molecule has 0 bridgehead atoms. The molecule has 3 rings (SSSR count). The van der Waals surface area contributed by atoms with E-state index in [1.54, 1.807) is 34.1 Å². The van der Waals surface area contributed by atoms with Crippen molar-refractivity contribution in [2.75, 3.05) is 26.2 Å². The zero-order valence-corrected chi connectivity index (χ0v) is 15.8. The molecular formula is C20H22N2O4S. The van der Waals surface area contributed by atoms with E-state index in [0.717, 1.165) is 6.42 Å². The van der Waals surface area contributed by atoms with Gasteiger partial charge in [0.1, 0.15) is 0 Å². The normalized spacial score (nSPS) is 14.7. The number of carboxylic acid groups (broad SMARTS) is 1. The van der Waals surface area contributed by atoms with E-state index >= 15 is 0 Å². The van der Waals surface area contributed by atoms with Crippen LogP contribution >= 0.6 is 11.3 Å². The van der Waals surface area contributed by atoms with Crippen LogP contribution in [-0.2, 0) is 11.2 Å². The molecule has 0 unspecified atom stereocenters. The van der Waals surface area contributed by atoms with E-state index in [4.69, 9.17) is 0 Å². The van der Waals surface area contributed by atoms with Gasteiger partial charge >= 0.3 is 5.97 Å². The van der Waals surface area contributed by atoms with Gasteiger partial charge in [-0.3, -0.25) is 9.59 Å². The molecule has 1 saturated heterocycles. The highest BCUT2D eigenvalue weighted by Crippen LogP contribution is 2.15. The number of carbonyl (C=O) groups excluding carboxylic acids is 2. The second kappa shape index (κ2) is 8.81. The van der Waals surface area contributed by atoms with Crippen LogP contribution in [0.4, 0.5) is 0 Å². The van der Waals surface area contributed by atoms with Crippen molar-refractivity contribution >= 4 is 29.1 Å². The molecule has 27 heavy (non-hydrogen) atoms. The fourth-order valence-electron chi connectivity index (χ4n) is 3.29. The van der Waals surface area contributed by atoms with Gasteiger partial charge in [0.05, 0.1) is 11.1 Å². The van der Waals surface area contributed by atoms with Crippen LogP contribution in [-0.4, -0.2) is 58.9 Å². The maximum atomic E-state index is 12.6. The van der Waals surface area contributed by atoms with Gasteiger partial charge in [0.15, 0.2) is 0 Å². The third-order valence-corrected chi connectivity index (χ3v) is 5.44. The zero-order chi connectivity index (χ0) is 19.2. The lowest BCUT2D eigenvalue weighted by Crippen LogP contribution is -2.37. The summed E-state index contributed by atoms with van der Waals surface area (Å²) in [7, 11) is 0. The molecule has 1 fully saturated rings. The first kappa shape index (κ1) is 19.1. The summed E-state index contributed by atoms with van der Waals surface area (Å²) in [6.07, 6.45) is 1.41. The lowest BCUT2D eigenvalue weighted by molar-refractivity contribution is -0.131. The smallest absolute Gasteiger partial charge is 0.335 e. The maximum absolute atomic E-state index is 12.6. The number of thiophene rings is 1. The van der Waals surface area contributed by atoms with Gasteiger partial charge in [-0.15, -0.1) is 0 Å². The number of rotatable bonds is 5. The lowest BCUT2D eigenvalue weighted by atomic mass is 10.0. The van der Waals surface area contributed by atoms with E-state index in [9.17, 15) is 19.5 Å². The Morgan fingerprint density at radius 3 is 2.48 bits per heavy atom. The SMILES string of the molecule is O=C(O)c1ccccc1CCC(=O)N1CCCN(C(=O)c2ccsc2)CC1. The number of benzene rings is 1. The standard InChI is InChI=1S/C20H22N2O4S/c23-18(7-6-15-4-1-2-5-17(15)20(25)26)21-9-3-10-22(12-11-21)19(24)16-8-13-27-14-16/h1-2,4-5,8,13-14H,3,6-7,9-12H2,(H,25,26). The van der Waals surface area contributed by atoms with Crippen LogP contribution < -0.4 is 0 Å². The number of carboxylic acids is 1. The molecule has 2 aromatic rings. The highest BCUT2D eigenvalue weighted by molar-refractivity contribution is 7.08. The third-order valence-electron chi connectivity index (χ3n) is 4.76. The van der Waals surface area contributed by atoms with Crippen LogP contribution in [0.3, 0.4) is 0 Å². The van der Waals surface area contributed by atoms with Gasteiger partial charge in [0, 0.05) is 38.0 Å². The fraction of sp³-hybridized carbons (Fsp3) is 0.350. The first-order valence-corrected chi connectivity index (χ1v) is 9.91. The molecule has 2 amide bonds. The molecule has 1 aliphatic rings. The summed E-state index contributed by atoms with van der Waals surface area (Å²) in [6.45, 7) is 2.29. The number of nitrogens with zero attached hydrogens (tertiary/aromatic N) is 2. The van der Waals surface area contributed by atoms with Gasteiger partial charge in [0.2, 0.25) is 5.91 Å². The quantitative estimate of drug-likeness (QED) is 0.857. The molecule has 1 N–H and O–H groups in total. The third kappa shape index (κ3) is 4.74. The molecule has 0 saturated carbocycles. The van der Waals surface area contributed by atoms with E-state index < -0.39 is 5.97 Å². The summed E-state index contributed by atoms with van der Waals surface area (Å²) in [6, 6.07) is 8.60. The Kier molecular flexibility index (Phi) is 6.24. The molecule has 0 aliphatic carbocycles. The van der Waals surface area contributed by atoms with Crippen molar-refractivity contribution < 1.29 is 19.5 Å². The molecule has 0 radical (unpaired) electrons. The van der Waals surface area contributed by atoms with Crippen molar-refractivity contribution in [2.45, 2.75) is 19.3 Å². The minimum Gasteiger partial charge on any atom is -0.478 e. The van der Waals surface area contributed by atoms with E-state index in [2.05, 4.69) is 0 Å². The second-order valence-electron chi connectivity index (χ2n) is 6.50. The summed E-state index contributed by atoms with van der Waals surface area (Å²) in [5, 5.41) is 13.0. The Hall–Kier alpha value is -2.67. The van der Waals surface area contributed by atoms with Crippen molar-refractivity contribution in [3.8, 4) is 0 Å². The van der Waals surface area contributed by atoms with Crippen LogP contribution in [0.15, 0.2) is 41.1 Å². The summed E-state index contributed by atoms with van der Waals surface area (Å²) in [5.74, 6) is -0.962. The Morgan fingerprint density at radius 2 is 1.74 bits per heavy atom. The highest BCUT2D eigenvalue weighted by Gasteiger charge is 2.23. The van der Waals surface area contributed by atoms with Crippen molar-refractivity contribution in [3.63, 3.8) is 0 Å². The Bertz CT molecular complexity index is 819.